The fraction of sp³-hybridized carbons (Fsp3) is 0.571. The molecular weight excluding hydrogens is 226 g/mol. The molecule has 0 fully saturated rings. The average molecular weight is 240 g/mol. The van der Waals surface area contributed by atoms with E-state index >= 15 is 0 Å². The molecule has 0 aromatic carbocycles. The molecule has 8 heteroatoms. The molecule has 0 aromatic rings. The molecule has 0 bridgehead atoms. The van der Waals surface area contributed by atoms with E-state index in [1.54, 1.807) is 0 Å². The Morgan fingerprint density at radius 2 is 2.07 bits per heavy atom. The van der Waals surface area contributed by atoms with Crippen molar-refractivity contribution < 1.29 is 31.4 Å². The number of carbonyl (C=O) groups excluding carboxylic acids is 1. The highest BCUT2D eigenvalue weighted by Gasteiger charge is 2.25. The van der Waals surface area contributed by atoms with Crippen LogP contribution in [0.25, 0.3) is 0 Å². The summed E-state index contributed by atoms with van der Waals surface area (Å²) in [6, 6.07) is 0. The van der Waals surface area contributed by atoms with Gasteiger partial charge in [0.25, 0.3) is 0 Å². The summed E-state index contributed by atoms with van der Waals surface area (Å²) in [5.41, 5.74) is 0. The summed E-state index contributed by atoms with van der Waals surface area (Å²) in [5, 5.41) is 0. The van der Waals surface area contributed by atoms with Gasteiger partial charge < -0.3 is 4.74 Å². The second-order valence-electron chi connectivity index (χ2n) is 3.17. The quantitative estimate of drug-likeness (QED) is 0.222. The lowest BCUT2D eigenvalue weighted by Crippen LogP contribution is -2.44. The van der Waals surface area contributed by atoms with Gasteiger partial charge in [0.2, 0.25) is 0 Å². The topological polar surface area (TPSA) is 89.9 Å². The molecule has 0 heterocycles. The number of hydroxylamine groups is 3. The van der Waals surface area contributed by atoms with E-state index in [2.05, 4.69) is 15.6 Å². The van der Waals surface area contributed by atoms with Gasteiger partial charge in [0.1, 0.15) is 13.2 Å². The average Bonchev–Trinajstić information content (AvgIpc) is 1.98. The van der Waals surface area contributed by atoms with Crippen LogP contribution in [0.4, 0.5) is 0 Å². The summed E-state index contributed by atoms with van der Waals surface area (Å²) in [6.07, 6.45) is 0.990. The summed E-state index contributed by atoms with van der Waals surface area (Å²) < 4.78 is 37.6. The first-order valence-electron chi connectivity index (χ1n) is 3.97. The standard InChI is InChI=1S/C7H13NO6S/c1-4-7(9)13-6-5-8(2,3)14-15(10,11)12/h4H,1,5-6H2,2-3H3/p+1. The van der Waals surface area contributed by atoms with Crippen molar-refractivity contribution in [1.82, 2.24) is 0 Å². The van der Waals surface area contributed by atoms with Crippen molar-refractivity contribution >= 4 is 16.4 Å². The first-order chi connectivity index (χ1) is 6.66. The van der Waals surface area contributed by atoms with E-state index in [4.69, 9.17) is 4.55 Å². The molecule has 0 unspecified atom stereocenters. The minimum atomic E-state index is -4.53. The molecule has 0 amide bonds. The third-order valence-electron chi connectivity index (χ3n) is 1.34. The largest absolute Gasteiger partial charge is 0.456 e. The zero-order valence-corrected chi connectivity index (χ0v) is 9.36. The van der Waals surface area contributed by atoms with Crippen molar-refractivity contribution in [3.63, 3.8) is 0 Å². The smallest absolute Gasteiger partial charge is 0.442 e. The zero-order chi connectivity index (χ0) is 12.1. The maximum Gasteiger partial charge on any atom is 0.442 e. The lowest BCUT2D eigenvalue weighted by Gasteiger charge is -2.23. The fourth-order valence-electron chi connectivity index (χ4n) is 0.717. The Morgan fingerprint density at radius 1 is 1.53 bits per heavy atom. The number of hydrogen-bond donors (Lipinski definition) is 1. The number of esters is 1. The molecule has 15 heavy (non-hydrogen) atoms. The molecule has 0 atom stereocenters. The molecule has 88 valence electrons. The number of quaternary nitrogens is 1. The molecule has 0 aliphatic carbocycles. The first-order valence-corrected chi connectivity index (χ1v) is 5.33. The summed E-state index contributed by atoms with van der Waals surface area (Å²) in [5.74, 6) is -0.609. The predicted molar refractivity (Wildman–Crippen MR) is 50.8 cm³/mol. The Hall–Kier alpha value is -0.960. The van der Waals surface area contributed by atoms with Gasteiger partial charge in [0.05, 0.1) is 14.1 Å². The van der Waals surface area contributed by atoms with Crippen LogP contribution in [0.1, 0.15) is 0 Å². The molecule has 0 saturated carbocycles. The number of hydrogen-bond acceptors (Lipinski definition) is 5. The van der Waals surface area contributed by atoms with Crippen LogP contribution in [-0.2, 0) is 24.2 Å². The molecule has 0 aromatic heterocycles. The van der Waals surface area contributed by atoms with Crippen molar-refractivity contribution in [1.29, 1.82) is 0 Å². The van der Waals surface area contributed by atoms with Gasteiger partial charge in [-0.15, -0.1) is 0 Å². The highest BCUT2D eigenvalue weighted by molar-refractivity contribution is 7.80. The Kier molecular flexibility index (Phi) is 4.88. The summed E-state index contributed by atoms with van der Waals surface area (Å²) in [4.78, 5) is 10.6. The van der Waals surface area contributed by atoms with Gasteiger partial charge in [0, 0.05) is 6.08 Å². The molecule has 0 aliphatic heterocycles. The van der Waals surface area contributed by atoms with Crippen LogP contribution in [0, 0.1) is 0 Å². The number of nitrogens with zero attached hydrogens (tertiary/aromatic N) is 1. The maximum atomic E-state index is 10.6. The fourth-order valence-corrected chi connectivity index (χ4v) is 1.30. The summed E-state index contributed by atoms with van der Waals surface area (Å²) >= 11 is 0. The van der Waals surface area contributed by atoms with Gasteiger partial charge in [0.15, 0.2) is 0 Å². The lowest BCUT2D eigenvalue weighted by atomic mass is 10.6. The van der Waals surface area contributed by atoms with E-state index in [0.717, 1.165) is 6.08 Å². The van der Waals surface area contributed by atoms with Gasteiger partial charge in [-0.05, 0) is 4.28 Å². The molecule has 1 N–H and O–H groups in total. The van der Waals surface area contributed by atoms with Crippen molar-refractivity contribution in [2.75, 3.05) is 27.2 Å². The Balaban J connectivity index is 4.05. The number of likely N-dealkylation sites (N-methyl/N-ethyl adjacent to an activating group) is 1. The third kappa shape index (κ3) is 8.06. The van der Waals surface area contributed by atoms with Gasteiger partial charge in [-0.3, -0.25) is 4.55 Å². The van der Waals surface area contributed by atoms with E-state index in [-0.39, 0.29) is 13.2 Å². The van der Waals surface area contributed by atoms with E-state index in [1.165, 1.54) is 14.1 Å². The second kappa shape index (κ2) is 5.21. The van der Waals surface area contributed by atoms with Crippen LogP contribution < -0.4 is 0 Å². The number of rotatable bonds is 6. The van der Waals surface area contributed by atoms with E-state index in [1.807, 2.05) is 0 Å². The van der Waals surface area contributed by atoms with E-state index in [9.17, 15) is 13.2 Å². The van der Waals surface area contributed by atoms with Crippen LogP contribution in [0.5, 0.6) is 0 Å². The van der Waals surface area contributed by atoms with Crippen molar-refractivity contribution in [2.24, 2.45) is 0 Å². The van der Waals surface area contributed by atoms with Gasteiger partial charge in [-0.25, -0.2) is 4.79 Å². The van der Waals surface area contributed by atoms with Gasteiger partial charge in [-0.1, -0.05) is 6.58 Å². The highest BCUT2D eigenvalue weighted by atomic mass is 32.3. The van der Waals surface area contributed by atoms with E-state index in [0.29, 0.717) is 0 Å². The van der Waals surface area contributed by atoms with Crippen LogP contribution >= 0.6 is 0 Å². The van der Waals surface area contributed by atoms with E-state index < -0.39 is 21.0 Å². The zero-order valence-electron chi connectivity index (χ0n) is 8.54. The molecule has 0 aliphatic rings. The molecule has 0 spiro atoms. The lowest BCUT2D eigenvalue weighted by molar-refractivity contribution is -1.05. The second-order valence-corrected chi connectivity index (χ2v) is 4.18. The molecule has 0 radical (unpaired) electrons. The number of ether oxygens (including phenoxy) is 1. The molecule has 0 rings (SSSR count). The maximum absolute atomic E-state index is 10.6. The first kappa shape index (κ1) is 14.0. The monoisotopic (exact) mass is 240 g/mol. The van der Waals surface area contributed by atoms with Crippen LogP contribution in [0.3, 0.4) is 0 Å². The van der Waals surface area contributed by atoms with Gasteiger partial charge >= 0.3 is 16.4 Å². The minimum Gasteiger partial charge on any atom is -0.456 e. The Bertz CT molecular complexity index is 333. The molecule has 7 nitrogen and oxygen atoms in total. The Labute approximate surface area is 88.4 Å². The molecular formula is C7H14NO6S+. The van der Waals surface area contributed by atoms with Crippen molar-refractivity contribution in [2.45, 2.75) is 0 Å². The Morgan fingerprint density at radius 3 is 2.47 bits per heavy atom. The van der Waals surface area contributed by atoms with Crippen LogP contribution in [-0.4, -0.2) is 50.8 Å². The minimum absolute atomic E-state index is 0.0482. The van der Waals surface area contributed by atoms with Crippen molar-refractivity contribution in [3.05, 3.63) is 12.7 Å². The molecule has 0 saturated heterocycles. The van der Waals surface area contributed by atoms with Gasteiger partial charge in [-0.2, -0.15) is 13.1 Å². The predicted octanol–water partition coefficient (Wildman–Crippen LogP) is -0.474. The summed E-state index contributed by atoms with van der Waals surface area (Å²) in [7, 11) is -1.76. The number of carbonyl (C=O) groups is 1. The van der Waals surface area contributed by atoms with Crippen molar-refractivity contribution in [3.8, 4) is 0 Å². The van der Waals surface area contributed by atoms with Crippen LogP contribution in [0.15, 0.2) is 12.7 Å². The highest BCUT2D eigenvalue weighted by Crippen LogP contribution is 2.03. The summed E-state index contributed by atoms with van der Waals surface area (Å²) in [6.45, 7) is 3.21. The SMILES string of the molecule is C=CC(=O)OCC[N+](C)(C)OS(=O)(=O)O. The normalized spacial score (nSPS) is 12.2. The van der Waals surface area contributed by atoms with Crippen LogP contribution in [0.2, 0.25) is 0 Å². The third-order valence-corrected chi connectivity index (χ3v) is 1.93.